The van der Waals surface area contributed by atoms with Crippen LogP contribution in [-0.4, -0.2) is 42.3 Å². The Morgan fingerprint density at radius 2 is 1.77 bits per heavy atom. The van der Waals surface area contributed by atoms with Crippen LogP contribution in [0.3, 0.4) is 0 Å². The molecule has 0 aliphatic carbocycles. The van der Waals surface area contributed by atoms with Gasteiger partial charge in [0.1, 0.15) is 16.5 Å². The van der Waals surface area contributed by atoms with E-state index in [4.69, 9.17) is 21.1 Å². The molecule has 0 fully saturated rings. The van der Waals surface area contributed by atoms with Gasteiger partial charge in [-0.05, 0) is 44.2 Å². The van der Waals surface area contributed by atoms with Gasteiger partial charge in [-0.1, -0.05) is 11.6 Å². The summed E-state index contributed by atoms with van der Waals surface area (Å²) in [5.41, 5.74) is 4.20. The Balaban J connectivity index is 1.86. The number of pyridine rings is 1. The first kappa shape index (κ1) is 24.1. The van der Waals surface area contributed by atoms with Crippen LogP contribution in [0.1, 0.15) is 24.2 Å². The zero-order chi connectivity index (χ0) is 23.0. The van der Waals surface area contributed by atoms with E-state index in [0.717, 1.165) is 12.3 Å². The number of alkyl halides is 3. The number of carbonyl (C=O) groups excluding carboxylic acids is 2. The van der Waals surface area contributed by atoms with Gasteiger partial charge in [-0.2, -0.15) is 13.2 Å². The number of halogens is 4. The first-order chi connectivity index (χ1) is 14.6. The molecule has 1 aromatic carbocycles. The zero-order valence-corrected chi connectivity index (χ0v) is 17.2. The second-order valence-corrected chi connectivity index (χ2v) is 6.43. The largest absolute Gasteiger partial charge is 0.494 e. The summed E-state index contributed by atoms with van der Waals surface area (Å²) in [6.45, 7) is 2.27. The molecule has 2 aromatic rings. The van der Waals surface area contributed by atoms with Crippen molar-refractivity contribution in [3.05, 3.63) is 47.1 Å². The van der Waals surface area contributed by atoms with Gasteiger partial charge in [0.2, 0.25) is 5.88 Å². The average molecular weight is 462 g/mol. The number of hydrogen-bond donors (Lipinski definition) is 2. The van der Waals surface area contributed by atoms with E-state index >= 15 is 0 Å². The Bertz CT molecular complexity index is 910. The van der Waals surface area contributed by atoms with Gasteiger partial charge in [0.15, 0.2) is 12.7 Å². The molecule has 0 aliphatic rings. The van der Waals surface area contributed by atoms with Crippen LogP contribution in [0.25, 0.3) is 0 Å². The molecule has 31 heavy (non-hydrogen) atoms. The van der Waals surface area contributed by atoms with Gasteiger partial charge >= 0.3 is 6.18 Å². The third kappa shape index (κ3) is 7.85. The smallest absolute Gasteiger partial charge is 0.422 e. The standard InChI is InChI=1S/C19H19ClF3N3O5/c1-3-29-13-4-6-14(7-5-13)31-11(2)16(27)25-26-17(28)12-8-15(20)18(24-9-12)30-10-19(21,22)23/h4-9,11H,3,10H2,1-2H3,(H,25,27)(H,26,28). The lowest BCUT2D eigenvalue weighted by Crippen LogP contribution is -2.47. The summed E-state index contributed by atoms with van der Waals surface area (Å²) >= 11 is 5.79. The molecule has 0 bridgehead atoms. The van der Waals surface area contributed by atoms with Crippen molar-refractivity contribution in [2.45, 2.75) is 26.1 Å². The maximum atomic E-state index is 12.2. The van der Waals surface area contributed by atoms with Crippen LogP contribution in [-0.2, 0) is 4.79 Å². The summed E-state index contributed by atoms with van der Waals surface area (Å²) in [5, 5.41) is -0.296. The first-order valence-corrected chi connectivity index (χ1v) is 9.31. The number of ether oxygens (including phenoxy) is 3. The van der Waals surface area contributed by atoms with Gasteiger partial charge in [-0.3, -0.25) is 20.4 Å². The Morgan fingerprint density at radius 1 is 1.13 bits per heavy atom. The van der Waals surface area contributed by atoms with Gasteiger partial charge in [0.05, 0.1) is 12.2 Å². The van der Waals surface area contributed by atoms with E-state index in [1.807, 2.05) is 6.92 Å². The summed E-state index contributed by atoms with van der Waals surface area (Å²) in [6, 6.07) is 7.68. The number of carbonyl (C=O) groups is 2. The van der Waals surface area contributed by atoms with Crippen molar-refractivity contribution in [3.8, 4) is 17.4 Å². The van der Waals surface area contributed by atoms with Gasteiger partial charge in [-0.25, -0.2) is 4.98 Å². The van der Waals surface area contributed by atoms with E-state index in [-0.39, 0.29) is 10.6 Å². The van der Waals surface area contributed by atoms with Gasteiger partial charge < -0.3 is 14.2 Å². The van der Waals surface area contributed by atoms with E-state index in [1.165, 1.54) is 6.92 Å². The highest BCUT2D eigenvalue weighted by atomic mass is 35.5. The number of amides is 2. The molecule has 1 unspecified atom stereocenters. The molecular formula is C19H19ClF3N3O5. The fraction of sp³-hybridized carbons (Fsp3) is 0.316. The van der Waals surface area contributed by atoms with E-state index in [0.29, 0.717) is 18.1 Å². The predicted octanol–water partition coefficient (Wildman–Crippen LogP) is 3.30. The third-order valence-corrected chi connectivity index (χ3v) is 3.83. The predicted molar refractivity (Wildman–Crippen MR) is 104 cm³/mol. The topological polar surface area (TPSA) is 98.8 Å². The fourth-order valence-electron chi connectivity index (χ4n) is 2.14. The van der Waals surface area contributed by atoms with E-state index in [2.05, 4.69) is 20.6 Å². The number of nitrogens with zero attached hydrogens (tertiary/aromatic N) is 1. The minimum Gasteiger partial charge on any atom is -0.494 e. The summed E-state index contributed by atoms with van der Waals surface area (Å²) < 4.78 is 51.8. The highest BCUT2D eigenvalue weighted by Gasteiger charge is 2.29. The van der Waals surface area contributed by atoms with Crippen molar-refractivity contribution >= 4 is 23.4 Å². The summed E-state index contributed by atoms with van der Waals surface area (Å²) in [6.07, 6.45) is -4.55. The Morgan fingerprint density at radius 3 is 2.35 bits per heavy atom. The highest BCUT2D eigenvalue weighted by Crippen LogP contribution is 2.25. The number of nitrogens with one attached hydrogen (secondary N) is 2. The van der Waals surface area contributed by atoms with Crippen LogP contribution in [0.4, 0.5) is 13.2 Å². The third-order valence-electron chi connectivity index (χ3n) is 3.56. The molecular weight excluding hydrogens is 443 g/mol. The molecule has 0 saturated heterocycles. The minimum atomic E-state index is -4.56. The van der Waals surface area contributed by atoms with Crippen LogP contribution < -0.4 is 25.1 Å². The molecule has 0 spiro atoms. The van der Waals surface area contributed by atoms with E-state index in [1.54, 1.807) is 24.3 Å². The van der Waals surface area contributed by atoms with Crippen molar-refractivity contribution < 1.29 is 37.0 Å². The first-order valence-electron chi connectivity index (χ1n) is 8.94. The van der Waals surface area contributed by atoms with Crippen molar-refractivity contribution in [2.24, 2.45) is 0 Å². The Kier molecular flexibility index (Phi) is 8.31. The van der Waals surface area contributed by atoms with E-state index < -0.39 is 36.6 Å². The average Bonchev–Trinajstić information content (AvgIpc) is 2.71. The van der Waals surface area contributed by atoms with Crippen LogP contribution in [0.5, 0.6) is 17.4 Å². The molecule has 1 atom stereocenters. The number of hydrazine groups is 1. The summed E-state index contributed by atoms with van der Waals surface area (Å²) in [4.78, 5) is 27.8. The number of benzene rings is 1. The number of aromatic nitrogens is 1. The van der Waals surface area contributed by atoms with Crippen LogP contribution >= 0.6 is 11.6 Å². The molecule has 12 heteroatoms. The van der Waals surface area contributed by atoms with Crippen molar-refractivity contribution in [1.29, 1.82) is 0 Å². The van der Waals surface area contributed by atoms with Gasteiger partial charge in [0, 0.05) is 6.20 Å². The summed E-state index contributed by atoms with van der Waals surface area (Å²) in [7, 11) is 0. The molecule has 0 aliphatic heterocycles. The van der Waals surface area contributed by atoms with Gasteiger partial charge in [-0.15, -0.1) is 0 Å². The maximum absolute atomic E-state index is 12.2. The molecule has 1 aromatic heterocycles. The monoisotopic (exact) mass is 461 g/mol. The fourth-order valence-corrected chi connectivity index (χ4v) is 2.36. The molecule has 8 nitrogen and oxygen atoms in total. The lowest BCUT2D eigenvalue weighted by Gasteiger charge is -2.15. The minimum absolute atomic E-state index is 0.107. The molecule has 2 rings (SSSR count). The van der Waals surface area contributed by atoms with Crippen LogP contribution in [0.2, 0.25) is 5.02 Å². The van der Waals surface area contributed by atoms with Crippen LogP contribution in [0.15, 0.2) is 36.5 Å². The normalized spacial score (nSPS) is 11.9. The lowest BCUT2D eigenvalue weighted by atomic mass is 10.3. The molecule has 1 heterocycles. The van der Waals surface area contributed by atoms with Crippen molar-refractivity contribution in [2.75, 3.05) is 13.2 Å². The zero-order valence-electron chi connectivity index (χ0n) is 16.5. The molecule has 0 radical (unpaired) electrons. The molecule has 2 N–H and O–H groups in total. The van der Waals surface area contributed by atoms with Crippen LogP contribution in [0, 0.1) is 0 Å². The highest BCUT2D eigenvalue weighted by molar-refractivity contribution is 6.32. The summed E-state index contributed by atoms with van der Waals surface area (Å²) in [5.74, 6) is -0.842. The molecule has 2 amide bonds. The SMILES string of the molecule is CCOc1ccc(OC(C)C(=O)NNC(=O)c2cnc(OCC(F)(F)F)c(Cl)c2)cc1. The maximum Gasteiger partial charge on any atom is 0.422 e. The van der Waals surface area contributed by atoms with Crippen molar-refractivity contribution in [3.63, 3.8) is 0 Å². The Hall–Kier alpha value is -3.21. The quantitative estimate of drug-likeness (QED) is 0.585. The number of rotatable bonds is 8. The second-order valence-electron chi connectivity index (χ2n) is 6.02. The van der Waals surface area contributed by atoms with Gasteiger partial charge in [0.25, 0.3) is 11.8 Å². The Labute approximate surface area is 180 Å². The molecule has 168 valence electrons. The van der Waals surface area contributed by atoms with E-state index in [9.17, 15) is 22.8 Å². The number of hydrogen-bond acceptors (Lipinski definition) is 6. The lowest BCUT2D eigenvalue weighted by molar-refractivity contribution is -0.154. The molecule has 0 saturated carbocycles. The second kappa shape index (κ2) is 10.7. The van der Waals surface area contributed by atoms with Crippen molar-refractivity contribution in [1.82, 2.24) is 15.8 Å².